The Balaban J connectivity index is 1.93. The van der Waals surface area contributed by atoms with Crippen LogP contribution in [-0.4, -0.2) is 18.5 Å². The molecule has 0 atom stereocenters. The molecule has 0 aliphatic heterocycles. The molecule has 0 saturated heterocycles. The Morgan fingerprint density at radius 3 is 2.55 bits per heavy atom. The first-order chi connectivity index (χ1) is 10.5. The second-order valence-corrected chi connectivity index (χ2v) is 5.33. The number of hydrogen-bond donors (Lipinski definition) is 1. The van der Waals surface area contributed by atoms with Gasteiger partial charge in [-0.3, -0.25) is 4.79 Å². The molecule has 0 fully saturated rings. The summed E-state index contributed by atoms with van der Waals surface area (Å²) in [6.07, 6.45) is 0. The molecule has 22 heavy (non-hydrogen) atoms. The number of rotatable bonds is 4. The first kappa shape index (κ1) is 16.0. The Morgan fingerprint density at radius 1 is 1.14 bits per heavy atom. The minimum atomic E-state index is -0.525. The first-order valence-electron chi connectivity index (χ1n) is 6.76. The number of anilines is 1. The molecular weight excluding hydrogens is 302 g/mol. The molecule has 0 aliphatic carbocycles. The molecule has 1 amide bonds. The van der Waals surface area contributed by atoms with E-state index in [-0.39, 0.29) is 6.61 Å². The third-order valence-electron chi connectivity index (χ3n) is 3.10. The summed E-state index contributed by atoms with van der Waals surface area (Å²) in [5.74, 6) is -0.962. The highest BCUT2D eigenvalue weighted by molar-refractivity contribution is 6.33. The van der Waals surface area contributed by atoms with Crippen LogP contribution in [0.15, 0.2) is 42.5 Å². The van der Waals surface area contributed by atoms with Gasteiger partial charge in [0.15, 0.2) is 6.61 Å². The summed E-state index contributed by atoms with van der Waals surface area (Å²) < 4.78 is 5.01. The SMILES string of the molecule is Cc1ccc(NC(=O)COC(=O)c2ccccc2C)c(Cl)c1. The Kier molecular flexibility index (Phi) is 5.17. The minimum Gasteiger partial charge on any atom is -0.452 e. The standard InChI is InChI=1S/C17H16ClNO3/c1-11-7-8-15(14(18)9-11)19-16(20)10-22-17(21)13-6-4-3-5-12(13)2/h3-9H,10H2,1-2H3,(H,19,20). The van der Waals surface area contributed by atoms with Crippen molar-refractivity contribution in [3.8, 4) is 0 Å². The molecule has 0 radical (unpaired) electrons. The van der Waals surface area contributed by atoms with E-state index in [0.29, 0.717) is 16.3 Å². The third-order valence-corrected chi connectivity index (χ3v) is 3.41. The summed E-state index contributed by atoms with van der Waals surface area (Å²) >= 11 is 6.03. The first-order valence-corrected chi connectivity index (χ1v) is 7.14. The summed E-state index contributed by atoms with van der Waals surface area (Å²) in [6, 6.07) is 12.3. The molecule has 5 heteroatoms. The zero-order valence-corrected chi connectivity index (χ0v) is 13.1. The number of benzene rings is 2. The molecule has 0 bridgehead atoms. The number of halogens is 1. The van der Waals surface area contributed by atoms with Crippen molar-refractivity contribution >= 4 is 29.2 Å². The lowest BCUT2D eigenvalue weighted by Crippen LogP contribution is -2.21. The van der Waals surface area contributed by atoms with Gasteiger partial charge in [0.25, 0.3) is 5.91 Å². The molecular formula is C17H16ClNO3. The predicted molar refractivity (Wildman–Crippen MR) is 86.3 cm³/mol. The molecule has 2 rings (SSSR count). The highest BCUT2D eigenvalue weighted by Crippen LogP contribution is 2.22. The van der Waals surface area contributed by atoms with Gasteiger partial charge in [-0.15, -0.1) is 0 Å². The van der Waals surface area contributed by atoms with Crippen LogP contribution in [0.1, 0.15) is 21.5 Å². The predicted octanol–water partition coefficient (Wildman–Crippen LogP) is 3.75. The van der Waals surface area contributed by atoms with Crippen LogP contribution < -0.4 is 5.32 Å². The average molecular weight is 318 g/mol. The zero-order valence-electron chi connectivity index (χ0n) is 12.4. The van der Waals surface area contributed by atoms with Crippen LogP contribution in [0.4, 0.5) is 5.69 Å². The normalized spacial score (nSPS) is 10.1. The fourth-order valence-electron chi connectivity index (χ4n) is 1.92. The van der Waals surface area contributed by atoms with Crippen molar-refractivity contribution in [2.24, 2.45) is 0 Å². The highest BCUT2D eigenvalue weighted by Gasteiger charge is 2.13. The van der Waals surface area contributed by atoms with Crippen LogP contribution in [0.2, 0.25) is 5.02 Å². The van der Waals surface area contributed by atoms with E-state index in [4.69, 9.17) is 16.3 Å². The maximum absolute atomic E-state index is 11.9. The van der Waals surface area contributed by atoms with Crippen molar-refractivity contribution in [2.45, 2.75) is 13.8 Å². The summed E-state index contributed by atoms with van der Waals surface area (Å²) in [4.78, 5) is 23.7. The molecule has 0 saturated carbocycles. The van der Waals surface area contributed by atoms with Gasteiger partial charge in [-0.2, -0.15) is 0 Å². The van der Waals surface area contributed by atoms with Crippen molar-refractivity contribution in [2.75, 3.05) is 11.9 Å². The molecule has 2 aromatic carbocycles. The Morgan fingerprint density at radius 2 is 1.86 bits per heavy atom. The summed E-state index contributed by atoms with van der Waals surface area (Å²) in [6.45, 7) is 3.35. The van der Waals surface area contributed by atoms with E-state index in [1.165, 1.54) is 0 Å². The van der Waals surface area contributed by atoms with E-state index in [1.54, 1.807) is 24.3 Å². The van der Waals surface area contributed by atoms with Crippen molar-refractivity contribution < 1.29 is 14.3 Å². The molecule has 2 aromatic rings. The Bertz CT molecular complexity index is 713. The lowest BCUT2D eigenvalue weighted by atomic mass is 10.1. The van der Waals surface area contributed by atoms with Gasteiger partial charge < -0.3 is 10.1 Å². The molecule has 0 spiro atoms. The molecule has 0 unspecified atom stereocenters. The quantitative estimate of drug-likeness (QED) is 0.874. The third kappa shape index (κ3) is 4.09. The maximum atomic E-state index is 11.9. The van der Waals surface area contributed by atoms with Crippen molar-refractivity contribution in [3.63, 3.8) is 0 Å². The molecule has 1 N–H and O–H groups in total. The van der Waals surface area contributed by atoms with Gasteiger partial charge in [0, 0.05) is 0 Å². The van der Waals surface area contributed by atoms with Gasteiger partial charge in [-0.25, -0.2) is 4.79 Å². The molecule has 0 aliphatic rings. The summed E-state index contributed by atoms with van der Waals surface area (Å²) in [7, 11) is 0. The fraction of sp³-hybridized carbons (Fsp3) is 0.176. The Hall–Kier alpha value is -2.33. The van der Waals surface area contributed by atoms with E-state index in [9.17, 15) is 9.59 Å². The van der Waals surface area contributed by atoms with E-state index < -0.39 is 11.9 Å². The second-order valence-electron chi connectivity index (χ2n) is 4.92. The summed E-state index contributed by atoms with van der Waals surface area (Å²) in [5.41, 5.74) is 2.73. The van der Waals surface area contributed by atoms with Gasteiger partial charge in [-0.05, 0) is 43.2 Å². The van der Waals surface area contributed by atoms with Gasteiger partial charge >= 0.3 is 5.97 Å². The lowest BCUT2D eigenvalue weighted by Gasteiger charge is -2.09. The van der Waals surface area contributed by atoms with Gasteiger partial charge in [0.1, 0.15) is 0 Å². The van der Waals surface area contributed by atoms with Gasteiger partial charge in [0.2, 0.25) is 0 Å². The number of nitrogens with one attached hydrogen (secondary N) is 1. The average Bonchev–Trinajstić information content (AvgIpc) is 2.48. The van der Waals surface area contributed by atoms with Crippen LogP contribution in [0.25, 0.3) is 0 Å². The lowest BCUT2D eigenvalue weighted by molar-refractivity contribution is -0.119. The molecule has 4 nitrogen and oxygen atoms in total. The van der Waals surface area contributed by atoms with E-state index >= 15 is 0 Å². The van der Waals surface area contributed by atoms with E-state index in [0.717, 1.165) is 11.1 Å². The van der Waals surface area contributed by atoms with Crippen LogP contribution in [0.5, 0.6) is 0 Å². The number of amides is 1. The smallest absolute Gasteiger partial charge is 0.338 e. The number of esters is 1. The molecule has 0 heterocycles. The topological polar surface area (TPSA) is 55.4 Å². The summed E-state index contributed by atoms with van der Waals surface area (Å²) in [5, 5.41) is 3.05. The van der Waals surface area contributed by atoms with Gasteiger partial charge in [-0.1, -0.05) is 35.9 Å². The zero-order chi connectivity index (χ0) is 16.1. The number of carbonyl (C=O) groups is 2. The largest absolute Gasteiger partial charge is 0.452 e. The monoisotopic (exact) mass is 317 g/mol. The molecule has 0 aromatic heterocycles. The van der Waals surface area contributed by atoms with Gasteiger partial charge in [0.05, 0.1) is 16.3 Å². The molecule has 114 valence electrons. The van der Waals surface area contributed by atoms with Crippen molar-refractivity contribution in [1.29, 1.82) is 0 Å². The van der Waals surface area contributed by atoms with Crippen LogP contribution in [0.3, 0.4) is 0 Å². The van der Waals surface area contributed by atoms with Crippen LogP contribution in [0, 0.1) is 13.8 Å². The second kappa shape index (κ2) is 7.09. The van der Waals surface area contributed by atoms with E-state index in [1.807, 2.05) is 32.0 Å². The van der Waals surface area contributed by atoms with E-state index in [2.05, 4.69) is 5.32 Å². The number of hydrogen-bond acceptors (Lipinski definition) is 3. The van der Waals surface area contributed by atoms with Crippen molar-refractivity contribution in [3.05, 3.63) is 64.2 Å². The maximum Gasteiger partial charge on any atom is 0.338 e. The number of carbonyl (C=O) groups excluding carboxylic acids is 2. The Labute approximate surface area is 134 Å². The number of aryl methyl sites for hydroxylation is 2. The van der Waals surface area contributed by atoms with Crippen LogP contribution in [-0.2, 0) is 9.53 Å². The minimum absolute atomic E-state index is 0.364. The fourth-order valence-corrected chi connectivity index (χ4v) is 2.20. The van der Waals surface area contributed by atoms with Crippen LogP contribution >= 0.6 is 11.6 Å². The number of ether oxygens (including phenoxy) is 1. The highest BCUT2D eigenvalue weighted by atomic mass is 35.5. The van der Waals surface area contributed by atoms with Crippen molar-refractivity contribution in [1.82, 2.24) is 0 Å².